The van der Waals surface area contributed by atoms with Crippen molar-refractivity contribution in [3.8, 4) is 5.88 Å². The molecular formula is C17H32N4OSi2. The summed E-state index contributed by atoms with van der Waals surface area (Å²) in [6.45, 7) is 22.8. The zero-order valence-corrected chi connectivity index (χ0v) is 18.9. The van der Waals surface area contributed by atoms with Crippen molar-refractivity contribution in [1.29, 1.82) is 0 Å². The Labute approximate surface area is 148 Å². The molecule has 0 radical (unpaired) electrons. The first-order valence-electron chi connectivity index (χ1n) is 8.56. The Kier molecular flexibility index (Phi) is 4.51. The molecule has 0 spiro atoms. The molecule has 2 rings (SSSR count). The molecule has 2 heterocycles. The third-order valence-corrected chi connectivity index (χ3v) is 15.4. The monoisotopic (exact) mass is 364 g/mol. The van der Waals surface area contributed by atoms with Crippen LogP contribution in [0, 0.1) is 0 Å². The number of aromatic nitrogens is 4. The molecule has 0 bridgehead atoms. The van der Waals surface area contributed by atoms with Gasteiger partial charge in [-0.3, -0.25) is 0 Å². The fourth-order valence-electron chi connectivity index (χ4n) is 2.08. The van der Waals surface area contributed by atoms with Gasteiger partial charge in [-0.1, -0.05) is 54.6 Å². The minimum atomic E-state index is -1.98. The summed E-state index contributed by atoms with van der Waals surface area (Å²) in [6, 6.07) is 0. The Morgan fingerprint density at radius 3 is 1.96 bits per heavy atom. The second kappa shape index (κ2) is 5.66. The molecule has 0 aliphatic carbocycles. The van der Waals surface area contributed by atoms with E-state index in [0.29, 0.717) is 5.88 Å². The SMILES string of the molecule is CC(C)(C)[Si](C)(C)Oc1ncnc2ncn([Si](C)(C)C(C)(C)C)c12. The van der Waals surface area contributed by atoms with Crippen molar-refractivity contribution in [3.63, 3.8) is 0 Å². The number of rotatable bonds is 3. The van der Waals surface area contributed by atoms with Crippen molar-refractivity contribution in [3.05, 3.63) is 12.7 Å². The topological polar surface area (TPSA) is 52.8 Å². The summed E-state index contributed by atoms with van der Waals surface area (Å²) in [4.78, 5) is 13.4. The Balaban J connectivity index is 2.64. The predicted octanol–water partition coefficient (Wildman–Crippen LogP) is 5.06. The van der Waals surface area contributed by atoms with Crippen molar-refractivity contribution >= 4 is 27.7 Å². The van der Waals surface area contributed by atoms with E-state index >= 15 is 0 Å². The van der Waals surface area contributed by atoms with Crippen LogP contribution >= 0.6 is 0 Å². The largest absolute Gasteiger partial charge is 0.529 e. The van der Waals surface area contributed by atoms with Crippen LogP contribution in [0.15, 0.2) is 12.7 Å². The van der Waals surface area contributed by atoms with Crippen molar-refractivity contribution in [1.82, 2.24) is 19.2 Å². The molecule has 0 N–H and O–H groups in total. The van der Waals surface area contributed by atoms with Gasteiger partial charge in [-0.05, 0) is 23.2 Å². The quantitative estimate of drug-likeness (QED) is 0.714. The summed E-state index contributed by atoms with van der Waals surface area (Å²) >= 11 is 0. The average molecular weight is 365 g/mol. The summed E-state index contributed by atoms with van der Waals surface area (Å²) in [5.41, 5.74) is 1.68. The van der Waals surface area contributed by atoms with Gasteiger partial charge in [0.15, 0.2) is 13.9 Å². The van der Waals surface area contributed by atoms with Crippen molar-refractivity contribution in [2.75, 3.05) is 0 Å². The molecule has 0 unspecified atom stereocenters. The maximum absolute atomic E-state index is 6.54. The van der Waals surface area contributed by atoms with Crippen molar-refractivity contribution < 1.29 is 4.43 Å². The van der Waals surface area contributed by atoms with Gasteiger partial charge in [0, 0.05) is 0 Å². The van der Waals surface area contributed by atoms with Gasteiger partial charge in [0.1, 0.15) is 11.8 Å². The van der Waals surface area contributed by atoms with E-state index < -0.39 is 16.6 Å². The highest BCUT2D eigenvalue weighted by Crippen LogP contribution is 2.41. The lowest BCUT2D eigenvalue weighted by Gasteiger charge is -2.39. The molecule has 2 aromatic heterocycles. The van der Waals surface area contributed by atoms with Gasteiger partial charge in [0.2, 0.25) is 5.88 Å². The minimum Gasteiger partial charge on any atom is -0.529 e. The van der Waals surface area contributed by atoms with E-state index in [-0.39, 0.29) is 10.1 Å². The summed E-state index contributed by atoms with van der Waals surface area (Å²) in [7, 11) is -3.82. The molecule has 2 aromatic rings. The van der Waals surface area contributed by atoms with Crippen molar-refractivity contribution in [2.45, 2.75) is 77.8 Å². The molecule has 0 aliphatic rings. The number of nitrogens with zero attached hydrogens (tertiary/aromatic N) is 4. The lowest BCUT2D eigenvalue weighted by atomic mass is 10.2. The van der Waals surface area contributed by atoms with E-state index in [0.717, 1.165) is 11.2 Å². The molecule has 0 atom stereocenters. The zero-order valence-electron chi connectivity index (χ0n) is 16.9. The maximum atomic E-state index is 6.54. The number of imidazole rings is 1. The van der Waals surface area contributed by atoms with Crippen LogP contribution in [0.4, 0.5) is 0 Å². The van der Waals surface area contributed by atoms with Crippen molar-refractivity contribution in [2.24, 2.45) is 0 Å². The van der Waals surface area contributed by atoms with Gasteiger partial charge in [-0.2, -0.15) is 0 Å². The molecule has 0 fully saturated rings. The summed E-state index contributed by atoms with van der Waals surface area (Å²) in [5.74, 6) is 0.689. The fraction of sp³-hybridized carbons (Fsp3) is 0.706. The number of hydrogen-bond donors (Lipinski definition) is 0. The van der Waals surface area contributed by atoms with Gasteiger partial charge < -0.3 is 8.66 Å². The normalized spacial score (nSPS) is 14.2. The van der Waals surface area contributed by atoms with E-state index in [1.807, 2.05) is 6.33 Å². The molecule has 0 amide bonds. The van der Waals surface area contributed by atoms with E-state index in [9.17, 15) is 0 Å². The second-order valence-electron chi connectivity index (χ2n) is 9.64. The highest BCUT2D eigenvalue weighted by molar-refractivity contribution is 6.79. The molecule has 0 saturated carbocycles. The summed E-state index contributed by atoms with van der Waals surface area (Å²) in [5, 5.41) is 0.302. The maximum Gasteiger partial charge on any atom is 0.252 e. The first kappa shape index (κ1) is 19.1. The average Bonchev–Trinajstić information content (AvgIpc) is 2.81. The molecule has 134 valence electrons. The second-order valence-corrected chi connectivity index (χ2v) is 19.5. The standard InChI is InChI=1S/C17H32N4OSi2/c1-16(2,3)23(7,8)21-12-20-14-13(21)15(19-11-18-14)22-24(9,10)17(4,5)6/h11-12H,1-10H3. The number of fused-ring (bicyclic) bond motifs is 1. The summed E-state index contributed by atoms with van der Waals surface area (Å²) in [6.07, 6.45) is 3.49. The van der Waals surface area contributed by atoms with Gasteiger partial charge in [0.25, 0.3) is 8.32 Å². The summed E-state index contributed by atoms with van der Waals surface area (Å²) < 4.78 is 8.85. The third kappa shape index (κ3) is 3.15. The van der Waals surface area contributed by atoms with Gasteiger partial charge in [-0.15, -0.1) is 0 Å². The van der Waals surface area contributed by atoms with E-state index in [2.05, 4.69) is 86.9 Å². The van der Waals surface area contributed by atoms with Crippen LogP contribution in [0.25, 0.3) is 11.2 Å². The highest BCUT2D eigenvalue weighted by Gasteiger charge is 2.42. The van der Waals surface area contributed by atoms with Gasteiger partial charge >= 0.3 is 0 Å². The van der Waals surface area contributed by atoms with E-state index in [1.54, 1.807) is 6.33 Å². The van der Waals surface area contributed by atoms with Crippen LogP contribution in [0.2, 0.25) is 36.3 Å². The van der Waals surface area contributed by atoms with Gasteiger partial charge in [-0.25, -0.2) is 15.0 Å². The first-order valence-corrected chi connectivity index (χ1v) is 14.4. The van der Waals surface area contributed by atoms with Crippen LogP contribution in [0.5, 0.6) is 5.88 Å². The third-order valence-electron chi connectivity index (χ3n) is 5.90. The predicted molar refractivity (Wildman–Crippen MR) is 106 cm³/mol. The molecule has 0 aliphatic heterocycles. The molecule has 0 aromatic carbocycles. The smallest absolute Gasteiger partial charge is 0.252 e. The van der Waals surface area contributed by atoms with Crippen LogP contribution in [-0.4, -0.2) is 35.7 Å². The molecule has 7 heteroatoms. The van der Waals surface area contributed by atoms with Crippen LogP contribution in [0.3, 0.4) is 0 Å². The highest BCUT2D eigenvalue weighted by atomic mass is 28.4. The Morgan fingerprint density at radius 1 is 0.875 bits per heavy atom. The minimum absolute atomic E-state index is 0.117. The van der Waals surface area contributed by atoms with Crippen LogP contribution in [0.1, 0.15) is 41.5 Å². The Morgan fingerprint density at radius 2 is 1.46 bits per heavy atom. The van der Waals surface area contributed by atoms with E-state index in [4.69, 9.17) is 4.43 Å². The zero-order chi connectivity index (χ0) is 18.6. The molecule has 5 nitrogen and oxygen atoms in total. The van der Waals surface area contributed by atoms with Crippen LogP contribution < -0.4 is 4.43 Å². The van der Waals surface area contributed by atoms with E-state index in [1.165, 1.54) is 0 Å². The lowest BCUT2D eigenvalue weighted by Crippen LogP contribution is -2.46. The fourth-order valence-corrected chi connectivity index (χ4v) is 4.85. The number of hydrogen-bond acceptors (Lipinski definition) is 4. The molecule has 0 saturated heterocycles. The molecule has 24 heavy (non-hydrogen) atoms. The van der Waals surface area contributed by atoms with Gasteiger partial charge in [0.05, 0.1) is 6.33 Å². The Hall–Kier alpha value is -1.22. The van der Waals surface area contributed by atoms with Crippen LogP contribution in [-0.2, 0) is 0 Å². The first-order chi connectivity index (χ1) is 10.7. The Bertz CT molecular complexity index is 739. The lowest BCUT2D eigenvalue weighted by molar-refractivity contribution is 0.479. The molecular weight excluding hydrogens is 332 g/mol.